The second kappa shape index (κ2) is 11.0. The Labute approximate surface area is 223 Å². The van der Waals surface area contributed by atoms with Gasteiger partial charge in [-0.15, -0.1) is 5.10 Å². The van der Waals surface area contributed by atoms with Crippen LogP contribution in [0.2, 0.25) is 0 Å². The summed E-state index contributed by atoms with van der Waals surface area (Å²) in [5, 5.41) is 18.9. The Hall–Kier alpha value is -3.71. The molecule has 196 valence electrons. The molecule has 1 aliphatic rings. The molecule has 1 aliphatic heterocycles. The number of ether oxygens (including phenoxy) is 1. The fourth-order valence-electron chi connectivity index (χ4n) is 5.47. The van der Waals surface area contributed by atoms with Gasteiger partial charge in [-0.05, 0) is 85.4 Å². The molecule has 7 nitrogen and oxygen atoms in total. The zero-order valence-corrected chi connectivity index (χ0v) is 22.4. The SMILES string of the molecule is CC(C)Cc1[nH]nc(-c2ccc3[nH]nc(-c4ccc5cc(OCCCN6CCCCC6)ccc5c4)c3c2)[nH+]1. The standard InChI is InChI=1S/C31H36N6O/c1-21(2)17-29-32-31(36-34-29)25-10-12-28-27(20-25)30(35-33-28)24-8-7-23-19-26(11-9-22(23)18-24)38-16-6-15-37-13-4-3-5-14-37/h7-12,18-21H,3-6,13-17H2,1-2H3,(H,33,35)(H,32,34,36)/p+1. The van der Waals surface area contributed by atoms with Crippen molar-refractivity contribution in [2.45, 2.75) is 46.0 Å². The van der Waals surface area contributed by atoms with Crippen LogP contribution in [0.1, 0.15) is 45.4 Å². The van der Waals surface area contributed by atoms with Crippen LogP contribution in [-0.4, -0.2) is 51.5 Å². The normalized spacial score (nSPS) is 14.6. The number of fused-ring (bicyclic) bond motifs is 2. The molecule has 0 radical (unpaired) electrons. The molecule has 3 N–H and O–H groups in total. The summed E-state index contributed by atoms with van der Waals surface area (Å²) in [6.07, 6.45) is 6.07. The monoisotopic (exact) mass is 509 g/mol. The van der Waals surface area contributed by atoms with Gasteiger partial charge >= 0.3 is 5.82 Å². The molecule has 0 saturated carbocycles. The largest absolute Gasteiger partial charge is 0.494 e. The molecule has 3 aromatic carbocycles. The molecule has 0 bridgehead atoms. The number of hydrogen-bond donors (Lipinski definition) is 2. The maximum absolute atomic E-state index is 6.09. The molecule has 0 atom stereocenters. The lowest BCUT2D eigenvalue weighted by molar-refractivity contribution is -0.377. The third-order valence-electron chi connectivity index (χ3n) is 7.44. The first-order valence-corrected chi connectivity index (χ1v) is 14.0. The summed E-state index contributed by atoms with van der Waals surface area (Å²) in [5.74, 6) is 3.38. The molecule has 1 fully saturated rings. The van der Waals surface area contributed by atoms with Crippen molar-refractivity contribution < 1.29 is 9.72 Å². The van der Waals surface area contributed by atoms with E-state index in [4.69, 9.17) is 4.74 Å². The predicted molar refractivity (Wildman–Crippen MR) is 152 cm³/mol. The second-order valence-corrected chi connectivity index (χ2v) is 10.9. The quantitative estimate of drug-likeness (QED) is 0.237. The van der Waals surface area contributed by atoms with Gasteiger partial charge in [-0.25, -0.2) is 4.98 Å². The summed E-state index contributed by atoms with van der Waals surface area (Å²) in [6, 6.07) is 19.2. The molecular formula is C31H37N6O+. The Bertz CT molecular complexity index is 1530. The van der Waals surface area contributed by atoms with E-state index in [1.54, 1.807) is 0 Å². The van der Waals surface area contributed by atoms with Crippen LogP contribution < -0.4 is 9.72 Å². The first-order valence-electron chi connectivity index (χ1n) is 14.0. The number of hydrogen-bond acceptors (Lipinski definition) is 4. The Morgan fingerprint density at radius 1 is 0.895 bits per heavy atom. The number of piperidine rings is 1. The van der Waals surface area contributed by atoms with Crippen molar-refractivity contribution in [3.63, 3.8) is 0 Å². The third-order valence-corrected chi connectivity index (χ3v) is 7.44. The van der Waals surface area contributed by atoms with Gasteiger partial charge < -0.3 is 9.64 Å². The van der Waals surface area contributed by atoms with Crippen LogP contribution in [0.4, 0.5) is 0 Å². The lowest BCUT2D eigenvalue weighted by Gasteiger charge is -2.26. The van der Waals surface area contributed by atoms with Gasteiger partial charge in [0.05, 0.1) is 23.4 Å². The van der Waals surface area contributed by atoms with E-state index in [2.05, 4.69) is 98.7 Å². The van der Waals surface area contributed by atoms with Crippen molar-refractivity contribution in [2.24, 2.45) is 5.92 Å². The number of aromatic amines is 3. The lowest BCUT2D eigenvalue weighted by Crippen LogP contribution is -2.31. The number of H-pyrrole nitrogens is 3. The zero-order valence-electron chi connectivity index (χ0n) is 22.4. The Morgan fingerprint density at radius 3 is 2.58 bits per heavy atom. The van der Waals surface area contributed by atoms with E-state index in [9.17, 15) is 0 Å². The molecule has 5 aromatic rings. The molecule has 0 spiro atoms. The number of aromatic nitrogens is 5. The first-order chi connectivity index (χ1) is 18.6. The highest BCUT2D eigenvalue weighted by molar-refractivity contribution is 5.97. The number of benzene rings is 3. The van der Waals surface area contributed by atoms with Gasteiger partial charge in [0.1, 0.15) is 5.75 Å². The summed E-state index contributed by atoms with van der Waals surface area (Å²) >= 11 is 0. The highest BCUT2D eigenvalue weighted by atomic mass is 16.5. The van der Waals surface area contributed by atoms with E-state index in [-0.39, 0.29) is 0 Å². The summed E-state index contributed by atoms with van der Waals surface area (Å²) in [6.45, 7) is 8.78. The Morgan fingerprint density at radius 2 is 1.71 bits per heavy atom. The van der Waals surface area contributed by atoms with Crippen LogP contribution >= 0.6 is 0 Å². The number of likely N-dealkylation sites (tertiary alicyclic amines) is 1. The number of rotatable bonds is 9. The molecule has 7 heteroatoms. The van der Waals surface area contributed by atoms with Crippen molar-refractivity contribution in [1.82, 2.24) is 25.3 Å². The van der Waals surface area contributed by atoms with Crippen LogP contribution in [0.25, 0.3) is 44.3 Å². The maximum atomic E-state index is 6.09. The molecular weight excluding hydrogens is 472 g/mol. The molecule has 3 heterocycles. The molecule has 0 aliphatic carbocycles. The molecule has 2 aromatic heterocycles. The number of nitrogens with one attached hydrogen (secondary N) is 3. The van der Waals surface area contributed by atoms with Crippen molar-refractivity contribution in [3.05, 3.63) is 60.4 Å². The van der Waals surface area contributed by atoms with Crippen LogP contribution in [0.15, 0.2) is 54.6 Å². The zero-order chi connectivity index (χ0) is 25.9. The van der Waals surface area contributed by atoms with Gasteiger partial charge in [0.25, 0.3) is 0 Å². The highest BCUT2D eigenvalue weighted by Crippen LogP contribution is 2.32. The van der Waals surface area contributed by atoms with Gasteiger partial charge in [-0.1, -0.05) is 38.5 Å². The summed E-state index contributed by atoms with van der Waals surface area (Å²) in [4.78, 5) is 5.99. The predicted octanol–water partition coefficient (Wildman–Crippen LogP) is 6.04. The Balaban J connectivity index is 1.18. The van der Waals surface area contributed by atoms with Crippen LogP contribution in [-0.2, 0) is 6.42 Å². The lowest BCUT2D eigenvalue weighted by atomic mass is 10.0. The van der Waals surface area contributed by atoms with Crippen molar-refractivity contribution in [2.75, 3.05) is 26.2 Å². The molecule has 1 saturated heterocycles. The molecule has 0 amide bonds. The average Bonchev–Trinajstić information content (AvgIpc) is 3.58. The first kappa shape index (κ1) is 24.6. The molecule has 6 rings (SSSR count). The van der Waals surface area contributed by atoms with Crippen LogP contribution in [0.5, 0.6) is 5.75 Å². The van der Waals surface area contributed by atoms with E-state index in [0.29, 0.717) is 5.92 Å². The van der Waals surface area contributed by atoms with Crippen molar-refractivity contribution >= 4 is 21.7 Å². The van der Waals surface area contributed by atoms with Crippen LogP contribution in [0.3, 0.4) is 0 Å². The molecule has 38 heavy (non-hydrogen) atoms. The average molecular weight is 510 g/mol. The van der Waals surface area contributed by atoms with Gasteiger partial charge in [-0.3, -0.25) is 5.10 Å². The summed E-state index contributed by atoms with van der Waals surface area (Å²) in [7, 11) is 0. The van der Waals surface area contributed by atoms with Crippen molar-refractivity contribution in [1.29, 1.82) is 0 Å². The van der Waals surface area contributed by atoms with Gasteiger partial charge in [0.2, 0.25) is 5.82 Å². The third kappa shape index (κ3) is 5.43. The second-order valence-electron chi connectivity index (χ2n) is 10.9. The number of nitrogens with zero attached hydrogens (tertiary/aromatic N) is 3. The fourth-order valence-corrected chi connectivity index (χ4v) is 5.47. The smallest absolute Gasteiger partial charge is 0.306 e. The van der Waals surface area contributed by atoms with E-state index in [1.165, 1.54) is 43.1 Å². The minimum atomic E-state index is 0.558. The topological polar surface area (TPSA) is 84.0 Å². The maximum Gasteiger partial charge on any atom is 0.306 e. The Kier molecular flexibility index (Phi) is 7.10. The highest BCUT2D eigenvalue weighted by Gasteiger charge is 2.17. The minimum absolute atomic E-state index is 0.558. The van der Waals surface area contributed by atoms with Gasteiger partial charge in [-0.2, -0.15) is 5.10 Å². The molecule has 0 unspecified atom stereocenters. The van der Waals surface area contributed by atoms with E-state index in [1.807, 2.05) is 0 Å². The fraction of sp³-hybridized carbons (Fsp3) is 0.387. The van der Waals surface area contributed by atoms with Gasteiger partial charge in [0.15, 0.2) is 0 Å². The van der Waals surface area contributed by atoms with Gasteiger partial charge in [0, 0.05) is 29.0 Å². The minimum Gasteiger partial charge on any atom is -0.494 e. The summed E-state index contributed by atoms with van der Waals surface area (Å²) < 4.78 is 6.09. The van der Waals surface area contributed by atoms with Crippen LogP contribution in [0, 0.1) is 5.92 Å². The van der Waals surface area contributed by atoms with E-state index < -0.39 is 0 Å². The van der Waals surface area contributed by atoms with E-state index >= 15 is 0 Å². The van der Waals surface area contributed by atoms with Crippen molar-refractivity contribution in [3.8, 4) is 28.4 Å². The summed E-state index contributed by atoms with van der Waals surface area (Å²) in [5.41, 5.74) is 4.08. The van der Waals surface area contributed by atoms with E-state index in [0.717, 1.165) is 71.1 Å².